The highest BCUT2D eigenvalue weighted by atomic mass is 79.9. The van der Waals surface area contributed by atoms with Crippen molar-refractivity contribution in [3.63, 3.8) is 0 Å². The molecule has 0 aliphatic carbocycles. The van der Waals surface area contributed by atoms with Crippen molar-refractivity contribution >= 4 is 27.7 Å². The van der Waals surface area contributed by atoms with Gasteiger partial charge >= 0.3 is 5.69 Å². The number of aryl methyl sites for hydroxylation is 1. The molecule has 0 fully saturated rings. The Labute approximate surface area is 292 Å². The summed E-state index contributed by atoms with van der Waals surface area (Å²) < 4.78 is 9.60. The lowest BCUT2D eigenvalue weighted by Gasteiger charge is -2.34. The number of hydrogen-bond donors (Lipinski definition) is 2. The van der Waals surface area contributed by atoms with Crippen LogP contribution in [0.5, 0.6) is 5.75 Å². The molecule has 0 unspecified atom stereocenters. The van der Waals surface area contributed by atoms with Crippen LogP contribution in [-0.4, -0.2) is 59.2 Å². The van der Waals surface area contributed by atoms with Gasteiger partial charge in [-0.3, -0.25) is 18.7 Å². The van der Waals surface area contributed by atoms with E-state index in [2.05, 4.69) is 31.2 Å². The monoisotopic (exact) mass is 724 g/mol. The summed E-state index contributed by atoms with van der Waals surface area (Å²) in [4.78, 5) is 52.3. The van der Waals surface area contributed by atoms with Crippen molar-refractivity contribution in [1.29, 1.82) is 0 Å². The van der Waals surface area contributed by atoms with Crippen molar-refractivity contribution in [2.24, 2.45) is 0 Å². The highest BCUT2D eigenvalue weighted by Crippen LogP contribution is 2.27. The molecule has 252 valence electrons. The maximum absolute atomic E-state index is 14.3. The van der Waals surface area contributed by atoms with E-state index in [1.165, 1.54) is 10.9 Å². The second-order valence-electron chi connectivity index (χ2n) is 12.8. The average Bonchev–Trinajstić information content (AvgIpc) is 3.38. The Morgan fingerprint density at radius 3 is 2.53 bits per heavy atom. The van der Waals surface area contributed by atoms with Crippen molar-refractivity contribution in [2.75, 3.05) is 6.61 Å². The standard InChI is InChI=1S/C37H37BrN6O5/c1-23-17-25(9-14-30(23)38)35(46)42-20-32-33(34(45)40-18-26-7-5-6-8-29(26)31-15-16-39-22-41-31)44(36(47)43(32)19-24(42)2)27-10-12-28(13-11-27)49-21-37(3,4)48/h5-17,22,24,48H,18-21H2,1-4H3,(H,40,45)/t24-/m0/s1. The quantitative estimate of drug-likeness (QED) is 0.211. The second-order valence-corrected chi connectivity index (χ2v) is 13.7. The molecule has 3 aromatic carbocycles. The molecule has 0 saturated carbocycles. The van der Waals surface area contributed by atoms with Crippen LogP contribution in [0.25, 0.3) is 16.9 Å². The second kappa shape index (κ2) is 13.8. The summed E-state index contributed by atoms with van der Waals surface area (Å²) in [6, 6.07) is 21.3. The van der Waals surface area contributed by atoms with Crippen LogP contribution in [0.1, 0.15) is 58.4 Å². The van der Waals surface area contributed by atoms with Crippen molar-refractivity contribution < 1.29 is 19.4 Å². The molecule has 11 nitrogen and oxygen atoms in total. The molecule has 2 amide bonds. The molecule has 1 atom stereocenters. The van der Waals surface area contributed by atoms with Gasteiger partial charge in [0.1, 0.15) is 24.4 Å². The summed E-state index contributed by atoms with van der Waals surface area (Å²) in [6.07, 6.45) is 3.13. The average molecular weight is 726 g/mol. The summed E-state index contributed by atoms with van der Waals surface area (Å²) in [6.45, 7) is 7.64. The molecule has 5 aromatic rings. The maximum atomic E-state index is 14.3. The number of nitrogens with one attached hydrogen (secondary N) is 1. The lowest BCUT2D eigenvalue weighted by atomic mass is 10.0. The van der Waals surface area contributed by atoms with Gasteiger partial charge in [0.05, 0.1) is 29.2 Å². The van der Waals surface area contributed by atoms with Gasteiger partial charge < -0.3 is 20.1 Å². The first-order valence-electron chi connectivity index (χ1n) is 15.9. The van der Waals surface area contributed by atoms with E-state index in [4.69, 9.17) is 4.74 Å². The molecular weight excluding hydrogens is 688 g/mol. The third-order valence-corrected chi connectivity index (χ3v) is 9.32. The van der Waals surface area contributed by atoms with Gasteiger partial charge in [-0.15, -0.1) is 0 Å². The first kappa shape index (κ1) is 33.8. The van der Waals surface area contributed by atoms with Gasteiger partial charge in [0.15, 0.2) is 0 Å². The minimum Gasteiger partial charge on any atom is -0.491 e. The highest BCUT2D eigenvalue weighted by molar-refractivity contribution is 9.10. The summed E-state index contributed by atoms with van der Waals surface area (Å²) in [5, 5.41) is 13.1. The van der Waals surface area contributed by atoms with E-state index in [0.29, 0.717) is 22.7 Å². The van der Waals surface area contributed by atoms with Gasteiger partial charge in [-0.25, -0.2) is 14.8 Å². The number of rotatable bonds is 9. The molecule has 0 bridgehead atoms. The van der Waals surface area contributed by atoms with E-state index in [0.717, 1.165) is 26.9 Å². The van der Waals surface area contributed by atoms with E-state index in [1.54, 1.807) is 65.9 Å². The molecule has 1 aliphatic heterocycles. The molecule has 0 spiro atoms. The summed E-state index contributed by atoms with van der Waals surface area (Å²) >= 11 is 3.50. The molecule has 0 saturated heterocycles. The number of aliphatic hydroxyl groups is 1. The zero-order valence-electron chi connectivity index (χ0n) is 27.7. The minimum absolute atomic E-state index is 0.0599. The van der Waals surface area contributed by atoms with Gasteiger partial charge in [-0.2, -0.15) is 0 Å². The van der Waals surface area contributed by atoms with Crippen LogP contribution in [0.15, 0.2) is 94.6 Å². The van der Waals surface area contributed by atoms with Gasteiger partial charge in [0, 0.05) is 40.9 Å². The summed E-state index contributed by atoms with van der Waals surface area (Å²) in [5.74, 6) is -0.148. The highest BCUT2D eigenvalue weighted by Gasteiger charge is 2.35. The van der Waals surface area contributed by atoms with Crippen molar-refractivity contribution in [3.8, 4) is 22.7 Å². The molecule has 2 N–H and O–H groups in total. The van der Waals surface area contributed by atoms with Crippen LogP contribution in [0.3, 0.4) is 0 Å². The number of nitrogens with zero attached hydrogens (tertiary/aromatic N) is 5. The zero-order chi connectivity index (χ0) is 34.9. The molecular formula is C37H37BrN6O5. The summed E-state index contributed by atoms with van der Waals surface area (Å²) in [7, 11) is 0. The zero-order valence-corrected chi connectivity index (χ0v) is 29.3. The van der Waals surface area contributed by atoms with Crippen LogP contribution >= 0.6 is 15.9 Å². The van der Waals surface area contributed by atoms with Crippen molar-refractivity contribution in [3.05, 3.63) is 128 Å². The predicted molar refractivity (Wildman–Crippen MR) is 189 cm³/mol. The number of ether oxygens (including phenoxy) is 1. The Morgan fingerprint density at radius 1 is 1.08 bits per heavy atom. The molecule has 3 heterocycles. The third kappa shape index (κ3) is 7.20. The Balaban J connectivity index is 1.38. The SMILES string of the molecule is Cc1cc(C(=O)N2Cc3c(C(=O)NCc4ccccc4-c4ccncn4)n(-c4ccc(OCC(C)(C)O)cc4)c(=O)n3C[C@@H]2C)ccc1Br. The predicted octanol–water partition coefficient (Wildman–Crippen LogP) is 5.29. The molecule has 6 rings (SSSR count). The van der Waals surface area contributed by atoms with Crippen molar-refractivity contribution in [1.82, 2.24) is 29.3 Å². The topological polar surface area (TPSA) is 132 Å². The van der Waals surface area contributed by atoms with E-state index in [-0.39, 0.29) is 49.6 Å². The number of imidazole rings is 1. The number of fused-ring (bicyclic) bond motifs is 1. The molecule has 49 heavy (non-hydrogen) atoms. The van der Waals surface area contributed by atoms with Gasteiger partial charge in [0.25, 0.3) is 11.8 Å². The summed E-state index contributed by atoms with van der Waals surface area (Å²) in [5.41, 5.74) is 3.49. The van der Waals surface area contributed by atoms with E-state index < -0.39 is 11.5 Å². The fourth-order valence-corrected chi connectivity index (χ4v) is 6.14. The number of benzene rings is 3. The number of carbonyl (C=O) groups excluding carboxylic acids is 2. The van der Waals surface area contributed by atoms with Crippen LogP contribution < -0.4 is 15.7 Å². The first-order valence-corrected chi connectivity index (χ1v) is 16.7. The lowest BCUT2D eigenvalue weighted by molar-refractivity contribution is 0.0285. The first-order chi connectivity index (χ1) is 23.4. The van der Waals surface area contributed by atoms with Gasteiger partial charge in [-0.1, -0.05) is 40.2 Å². The van der Waals surface area contributed by atoms with E-state index >= 15 is 0 Å². The Morgan fingerprint density at radius 2 is 1.84 bits per heavy atom. The fourth-order valence-electron chi connectivity index (χ4n) is 5.89. The van der Waals surface area contributed by atoms with Crippen LogP contribution in [0.2, 0.25) is 0 Å². The van der Waals surface area contributed by atoms with E-state index in [9.17, 15) is 19.5 Å². The molecule has 2 aromatic heterocycles. The van der Waals surface area contributed by atoms with Crippen LogP contribution in [0.4, 0.5) is 0 Å². The largest absolute Gasteiger partial charge is 0.491 e. The fraction of sp³-hybridized carbons (Fsp3) is 0.270. The van der Waals surface area contributed by atoms with E-state index in [1.807, 2.05) is 50.2 Å². The molecule has 1 aliphatic rings. The smallest absolute Gasteiger partial charge is 0.333 e. The van der Waals surface area contributed by atoms with Crippen molar-refractivity contribution in [2.45, 2.75) is 59.0 Å². The Kier molecular flexibility index (Phi) is 9.53. The van der Waals surface area contributed by atoms with Crippen LogP contribution in [0, 0.1) is 6.92 Å². The Hall–Kier alpha value is -5.07. The normalized spacial score (nSPS) is 14.3. The van der Waals surface area contributed by atoms with Crippen LogP contribution in [-0.2, 0) is 19.6 Å². The third-order valence-electron chi connectivity index (χ3n) is 8.43. The number of hydrogen-bond acceptors (Lipinski definition) is 7. The lowest BCUT2D eigenvalue weighted by Crippen LogP contribution is -2.47. The Bertz CT molecular complexity index is 2070. The number of halogens is 1. The minimum atomic E-state index is -1.02. The molecule has 12 heteroatoms. The van der Waals surface area contributed by atoms with Gasteiger partial charge in [-0.05, 0) is 87.4 Å². The molecule has 0 radical (unpaired) electrons. The number of aromatic nitrogens is 4. The van der Waals surface area contributed by atoms with Gasteiger partial charge in [0.2, 0.25) is 0 Å². The number of amides is 2. The number of carbonyl (C=O) groups is 2. The maximum Gasteiger partial charge on any atom is 0.333 e.